The fourth-order valence-electron chi connectivity index (χ4n) is 2.95. The van der Waals surface area contributed by atoms with Crippen LogP contribution in [0.25, 0.3) is 6.08 Å². The molecule has 1 aliphatic rings. The molecule has 1 N–H and O–H groups in total. The van der Waals surface area contributed by atoms with Crippen molar-refractivity contribution in [1.82, 2.24) is 4.90 Å². The van der Waals surface area contributed by atoms with Crippen molar-refractivity contribution >= 4 is 40.3 Å². The Morgan fingerprint density at radius 2 is 1.96 bits per heavy atom. The third kappa shape index (κ3) is 4.78. The lowest BCUT2D eigenvalue weighted by atomic mass is 10.1. The topological polar surface area (TPSA) is 43.2 Å². The van der Waals surface area contributed by atoms with E-state index in [1.165, 1.54) is 16.7 Å². The molecule has 1 aromatic carbocycles. The van der Waals surface area contributed by atoms with E-state index in [0.717, 1.165) is 31.6 Å². The Bertz CT molecular complexity index is 687. The molecule has 1 saturated heterocycles. The van der Waals surface area contributed by atoms with E-state index < -0.39 is 0 Å². The number of quaternary nitrogens is 1. The van der Waals surface area contributed by atoms with E-state index in [2.05, 4.69) is 13.8 Å². The second-order valence-corrected chi connectivity index (χ2v) is 7.65. The molecule has 0 radical (unpaired) electrons. The zero-order chi connectivity index (χ0) is 19.1. The Kier molecular flexibility index (Phi) is 7.93. The van der Waals surface area contributed by atoms with Gasteiger partial charge in [-0.2, -0.15) is 0 Å². The highest BCUT2D eigenvalue weighted by atomic mass is 32.2. The minimum atomic E-state index is -0.0283. The van der Waals surface area contributed by atoms with E-state index in [1.54, 1.807) is 19.1 Å². The highest BCUT2D eigenvalue weighted by molar-refractivity contribution is 8.26. The third-order valence-corrected chi connectivity index (χ3v) is 5.88. The van der Waals surface area contributed by atoms with Crippen LogP contribution in [0.1, 0.15) is 25.8 Å². The molecule has 0 spiro atoms. The molecule has 0 saturated carbocycles. The van der Waals surface area contributed by atoms with Gasteiger partial charge in [0.2, 0.25) is 0 Å². The first-order valence-corrected chi connectivity index (χ1v) is 10.1. The largest absolute Gasteiger partial charge is 0.493 e. The zero-order valence-corrected chi connectivity index (χ0v) is 17.5. The quantitative estimate of drug-likeness (QED) is 0.513. The molecule has 1 fully saturated rings. The van der Waals surface area contributed by atoms with Crippen molar-refractivity contribution in [3.05, 3.63) is 28.7 Å². The fraction of sp³-hybridized carbons (Fsp3) is 0.474. The number of hydrogen-bond donors (Lipinski definition) is 1. The third-order valence-electron chi connectivity index (χ3n) is 4.51. The summed E-state index contributed by atoms with van der Waals surface area (Å²) in [5.74, 6) is 1.23. The van der Waals surface area contributed by atoms with Gasteiger partial charge in [-0.25, -0.2) is 0 Å². The lowest BCUT2D eigenvalue weighted by molar-refractivity contribution is -0.896. The predicted molar refractivity (Wildman–Crippen MR) is 111 cm³/mol. The molecule has 1 aliphatic heterocycles. The Morgan fingerprint density at radius 1 is 1.23 bits per heavy atom. The van der Waals surface area contributed by atoms with Gasteiger partial charge in [-0.3, -0.25) is 9.69 Å². The van der Waals surface area contributed by atoms with Crippen LogP contribution in [0.3, 0.4) is 0 Å². The second kappa shape index (κ2) is 9.94. The molecule has 26 heavy (non-hydrogen) atoms. The number of carbonyl (C=O) groups excluding carboxylic acids is 1. The second-order valence-electron chi connectivity index (χ2n) is 5.98. The van der Waals surface area contributed by atoms with Crippen molar-refractivity contribution in [2.75, 3.05) is 40.4 Å². The van der Waals surface area contributed by atoms with Crippen molar-refractivity contribution in [1.29, 1.82) is 0 Å². The van der Waals surface area contributed by atoms with Crippen LogP contribution in [0, 0.1) is 0 Å². The van der Waals surface area contributed by atoms with Gasteiger partial charge in [0.05, 0.1) is 38.8 Å². The van der Waals surface area contributed by atoms with Crippen LogP contribution >= 0.6 is 24.0 Å². The average molecular weight is 396 g/mol. The molecule has 1 aromatic rings. The summed E-state index contributed by atoms with van der Waals surface area (Å²) < 4.78 is 11.4. The zero-order valence-electron chi connectivity index (χ0n) is 15.8. The lowest BCUT2D eigenvalue weighted by Gasteiger charge is -2.18. The number of thioether (sulfide) groups is 1. The van der Waals surface area contributed by atoms with Gasteiger partial charge in [0.1, 0.15) is 4.32 Å². The van der Waals surface area contributed by atoms with E-state index in [4.69, 9.17) is 21.7 Å². The maximum atomic E-state index is 12.8. The highest BCUT2D eigenvalue weighted by Crippen LogP contribution is 2.37. The number of thiocarbonyl (C=S) groups is 1. The molecule has 0 aromatic heterocycles. The first-order chi connectivity index (χ1) is 12.5. The van der Waals surface area contributed by atoms with Crippen LogP contribution in [0.5, 0.6) is 11.5 Å². The number of rotatable bonds is 9. The number of hydrogen-bond acceptors (Lipinski definition) is 5. The summed E-state index contributed by atoms with van der Waals surface area (Å²) in [6.45, 7) is 8.29. The number of methoxy groups -OCH3 is 2. The van der Waals surface area contributed by atoms with E-state index in [-0.39, 0.29) is 5.91 Å². The molecule has 0 aliphatic carbocycles. The van der Waals surface area contributed by atoms with Crippen molar-refractivity contribution < 1.29 is 19.2 Å². The summed E-state index contributed by atoms with van der Waals surface area (Å²) in [5, 5.41) is 0. The van der Waals surface area contributed by atoms with Crippen LogP contribution in [0.15, 0.2) is 23.1 Å². The van der Waals surface area contributed by atoms with Crippen LogP contribution in [0.2, 0.25) is 0 Å². The van der Waals surface area contributed by atoms with Gasteiger partial charge >= 0.3 is 0 Å². The normalized spacial score (nSPS) is 16.0. The predicted octanol–water partition coefficient (Wildman–Crippen LogP) is 2.22. The van der Waals surface area contributed by atoms with Crippen LogP contribution in [-0.2, 0) is 4.79 Å². The molecule has 2 rings (SSSR count). The van der Waals surface area contributed by atoms with E-state index in [0.29, 0.717) is 27.3 Å². The molecule has 142 valence electrons. The molecule has 0 bridgehead atoms. The van der Waals surface area contributed by atoms with Crippen molar-refractivity contribution in [2.24, 2.45) is 0 Å². The molecule has 0 atom stereocenters. The van der Waals surface area contributed by atoms with E-state index in [1.807, 2.05) is 24.3 Å². The lowest BCUT2D eigenvalue weighted by Crippen LogP contribution is -3.11. The molecule has 1 heterocycles. The number of benzene rings is 1. The summed E-state index contributed by atoms with van der Waals surface area (Å²) in [6, 6.07) is 5.61. The average Bonchev–Trinajstić information content (AvgIpc) is 2.92. The number of nitrogens with one attached hydrogen (secondary N) is 1. The van der Waals surface area contributed by atoms with E-state index >= 15 is 0 Å². The summed E-state index contributed by atoms with van der Waals surface area (Å²) in [7, 11) is 3.19. The SMILES string of the molecule is CC[NH+](CC)CCCN1C(=O)/C(=C/c2cccc(OC)c2OC)SC1=S. The number of para-hydroxylation sites is 1. The van der Waals surface area contributed by atoms with Gasteiger partial charge in [-0.15, -0.1) is 0 Å². The Labute approximate surface area is 165 Å². The first kappa shape index (κ1) is 20.7. The Morgan fingerprint density at radius 3 is 2.58 bits per heavy atom. The van der Waals surface area contributed by atoms with Crippen LogP contribution < -0.4 is 14.4 Å². The van der Waals surface area contributed by atoms with Gasteiger partial charge in [0.15, 0.2) is 11.5 Å². The van der Waals surface area contributed by atoms with Gasteiger partial charge in [0.25, 0.3) is 5.91 Å². The molecule has 5 nitrogen and oxygen atoms in total. The van der Waals surface area contributed by atoms with Gasteiger partial charge in [-0.05, 0) is 26.0 Å². The van der Waals surface area contributed by atoms with Crippen molar-refractivity contribution in [3.63, 3.8) is 0 Å². The number of carbonyl (C=O) groups is 1. The minimum absolute atomic E-state index is 0.0283. The Hall–Kier alpha value is -1.57. The molecule has 7 heteroatoms. The minimum Gasteiger partial charge on any atom is -0.493 e. The monoisotopic (exact) mass is 395 g/mol. The van der Waals surface area contributed by atoms with E-state index in [9.17, 15) is 4.79 Å². The maximum absolute atomic E-state index is 12.8. The Balaban J connectivity index is 2.12. The molecule has 0 unspecified atom stereocenters. The summed E-state index contributed by atoms with van der Waals surface area (Å²) in [6.07, 6.45) is 2.77. The van der Waals surface area contributed by atoms with Crippen molar-refractivity contribution in [3.8, 4) is 11.5 Å². The fourth-order valence-corrected chi connectivity index (χ4v) is 4.25. The number of amides is 1. The van der Waals surface area contributed by atoms with Gasteiger partial charge in [-0.1, -0.05) is 36.1 Å². The molecular formula is C19H27N2O3S2+. The van der Waals surface area contributed by atoms with Crippen molar-refractivity contribution in [2.45, 2.75) is 20.3 Å². The maximum Gasteiger partial charge on any atom is 0.266 e. The summed E-state index contributed by atoms with van der Waals surface area (Å²) in [5.41, 5.74) is 0.805. The number of ether oxygens (including phenoxy) is 2. The summed E-state index contributed by atoms with van der Waals surface area (Å²) in [4.78, 5) is 16.6. The molecular weight excluding hydrogens is 368 g/mol. The van der Waals surface area contributed by atoms with Gasteiger partial charge < -0.3 is 14.4 Å². The summed E-state index contributed by atoms with van der Waals surface area (Å²) >= 11 is 6.77. The standard InChI is InChI=1S/C19H26N2O3S2/c1-5-20(6-2)11-8-12-21-18(22)16(26-19(21)25)13-14-9-7-10-15(23-3)17(14)24-4/h7,9-10,13H,5-6,8,11-12H2,1-4H3/p+1/b16-13-. The number of nitrogens with zero attached hydrogens (tertiary/aromatic N) is 1. The van der Waals surface area contributed by atoms with Gasteiger partial charge in [0, 0.05) is 18.5 Å². The van der Waals surface area contributed by atoms with Crippen LogP contribution in [0.4, 0.5) is 0 Å². The first-order valence-electron chi connectivity index (χ1n) is 8.85. The smallest absolute Gasteiger partial charge is 0.266 e. The highest BCUT2D eigenvalue weighted by Gasteiger charge is 2.32. The van der Waals surface area contributed by atoms with Crippen LogP contribution in [-0.4, -0.2) is 55.5 Å². The molecule has 1 amide bonds.